The lowest BCUT2D eigenvalue weighted by atomic mass is 10.1. The molecule has 8 heteroatoms. The number of unbranched alkanes of at least 4 members (excludes halogenated alkanes) is 3. The summed E-state index contributed by atoms with van der Waals surface area (Å²) in [5, 5.41) is 3.27. The summed E-state index contributed by atoms with van der Waals surface area (Å²) in [5.41, 5.74) is 0. The van der Waals surface area contributed by atoms with Crippen molar-refractivity contribution in [3.05, 3.63) is 60.7 Å². The van der Waals surface area contributed by atoms with Crippen molar-refractivity contribution in [2.75, 3.05) is 38.3 Å². The molecule has 0 fully saturated rings. The number of benzene rings is 2. The molecule has 0 aliphatic heterocycles. The fourth-order valence-electron chi connectivity index (χ4n) is 5.34. The molecule has 0 bridgehead atoms. The summed E-state index contributed by atoms with van der Waals surface area (Å²) in [4.78, 5) is 27.7. The SMILES string of the molecule is CCCC[P+](CCCC)(CCCC)CCCNC(=O)CCC(CCC(=O)OC)(Sc1ccccc1)Sc1ccccc1.[Br-]. The summed E-state index contributed by atoms with van der Waals surface area (Å²) in [7, 11) is 0.491. The summed E-state index contributed by atoms with van der Waals surface area (Å²) >= 11 is 3.52. The highest BCUT2D eigenvalue weighted by molar-refractivity contribution is 8.18. The summed E-state index contributed by atoms with van der Waals surface area (Å²) in [6.07, 6.45) is 16.6. The second kappa shape index (κ2) is 23.3. The Bertz CT molecular complexity index is 949. The number of thioether (sulfide) groups is 2. The maximum absolute atomic E-state index is 13.2. The van der Waals surface area contributed by atoms with Crippen LogP contribution in [0.3, 0.4) is 0 Å². The molecule has 0 aromatic heterocycles. The second-order valence-corrected chi connectivity index (χ2v) is 19.0. The highest BCUT2D eigenvalue weighted by Crippen LogP contribution is 2.61. The summed E-state index contributed by atoms with van der Waals surface area (Å²) in [6.45, 7) is 7.70. The standard InChI is InChI=1S/C35H54NO3PS2.BrH/c1-5-8-27-40(28-9-6-2,29-10-7-3)30-17-26-36-33(37)22-24-35(25-23-34(38)39-4,41-31-18-13-11-14-19-31)42-32-20-15-12-16-21-32;/h11-16,18-21H,5-10,17,22-30H2,1-4H3;1H. The quantitative estimate of drug-likeness (QED) is 0.0446. The molecule has 0 atom stereocenters. The highest BCUT2D eigenvalue weighted by Gasteiger charge is 2.36. The zero-order valence-corrected chi connectivity index (χ0v) is 31.1. The van der Waals surface area contributed by atoms with Crippen molar-refractivity contribution in [1.82, 2.24) is 5.32 Å². The highest BCUT2D eigenvalue weighted by atomic mass is 79.9. The van der Waals surface area contributed by atoms with Crippen LogP contribution in [0.4, 0.5) is 0 Å². The van der Waals surface area contributed by atoms with Crippen LogP contribution in [0.2, 0.25) is 0 Å². The van der Waals surface area contributed by atoms with Crippen molar-refractivity contribution in [2.45, 2.75) is 105 Å². The zero-order valence-electron chi connectivity index (χ0n) is 27.0. The van der Waals surface area contributed by atoms with Crippen LogP contribution >= 0.6 is 30.8 Å². The van der Waals surface area contributed by atoms with Crippen molar-refractivity contribution < 1.29 is 31.3 Å². The molecule has 0 aliphatic rings. The van der Waals surface area contributed by atoms with E-state index in [4.69, 9.17) is 4.74 Å². The molecule has 2 aromatic carbocycles. The van der Waals surface area contributed by atoms with Gasteiger partial charge in [-0.2, -0.15) is 0 Å². The van der Waals surface area contributed by atoms with Gasteiger partial charge < -0.3 is 27.0 Å². The van der Waals surface area contributed by atoms with E-state index in [1.807, 2.05) is 36.4 Å². The van der Waals surface area contributed by atoms with Gasteiger partial charge in [-0.05, 0) is 62.8 Å². The van der Waals surface area contributed by atoms with Gasteiger partial charge in [0.2, 0.25) is 5.91 Å². The Kier molecular flexibility index (Phi) is 21.7. The van der Waals surface area contributed by atoms with Gasteiger partial charge in [-0.15, -0.1) is 23.5 Å². The van der Waals surface area contributed by atoms with Crippen LogP contribution in [0.15, 0.2) is 70.5 Å². The maximum atomic E-state index is 13.2. The molecule has 2 rings (SSSR count). The van der Waals surface area contributed by atoms with Gasteiger partial charge in [0.15, 0.2) is 0 Å². The Morgan fingerprint density at radius 3 is 1.60 bits per heavy atom. The van der Waals surface area contributed by atoms with E-state index in [1.54, 1.807) is 23.5 Å². The average molecular weight is 713 g/mol. The lowest BCUT2D eigenvalue weighted by Crippen LogP contribution is -3.00. The van der Waals surface area contributed by atoms with Gasteiger partial charge in [-0.3, -0.25) is 9.59 Å². The fraction of sp³-hybridized carbons (Fsp3) is 0.600. The van der Waals surface area contributed by atoms with E-state index in [2.05, 4.69) is 50.4 Å². The van der Waals surface area contributed by atoms with Gasteiger partial charge in [-0.1, -0.05) is 76.4 Å². The number of hydrogen-bond acceptors (Lipinski definition) is 5. The molecule has 1 N–H and O–H groups in total. The second-order valence-electron chi connectivity index (χ2n) is 11.3. The van der Waals surface area contributed by atoms with Crippen LogP contribution in [-0.4, -0.2) is 54.3 Å². The number of rotatable bonds is 23. The minimum atomic E-state index is -0.949. The van der Waals surface area contributed by atoms with E-state index in [9.17, 15) is 9.59 Å². The molecule has 2 aromatic rings. The molecule has 4 nitrogen and oxygen atoms in total. The maximum Gasteiger partial charge on any atom is 0.305 e. The molecule has 0 spiro atoms. The Balaban J connectivity index is 0.00000924. The molecule has 0 unspecified atom stereocenters. The number of ether oxygens (including phenoxy) is 1. The van der Waals surface area contributed by atoms with E-state index in [0.29, 0.717) is 25.7 Å². The van der Waals surface area contributed by atoms with E-state index in [-0.39, 0.29) is 32.9 Å². The number of nitrogens with one attached hydrogen (secondary N) is 1. The number of carbonyl (C=O) groups excluding carboxylic acids is 2. The number of amides is 1. The number of esters is 1. The van der Waals surface area contributed by atoms with E-state index >= 15 is 0 Å². The molecular weight excluding hydrogens is 657 g/mol. The average Bonchev–Trinajstić information content (AvgIpc) is 3.02. The van der Waals surface area contributed by atoms with Crippen LogP contribution in [0, 0.1) is 0 Å². The molecule has 0 saturated carbocycles. The van der Waals surface area contributed by atoms with E-state index in [1.165, 1.54) is 70.3 Å². The third-order valence-electron chi connectivity index (χ3n) is 7.85. The van der Waals surface area contributed by atoms with Crippen LogP contribution < -0.4 is 22.3 Å². The van der Waals surface area contributed by atoms with Gasteiger partial charge in [0.05, 0.1) is 35.8 Å². The molecule has 0 aliphatic carbocycles. The smallest absolute Gasteiger partial charge is 0.305 e. The van der Waals surface area contributed by atoms with Crippen molar-refractivity contribution >= 4 is 42.7 Å². The van der Waals surface area contributed by atoms with Gasteiger partial charge in [0.1, 0.15) is 0 Å². The first-order valence-corrected chi connectivity index (χ1v) is 20.2. The molecule has 0 saturated heterocycles. The number of hydrogen-bond donors (Lipinski definition) is 1. The third kappa shape index (κ3) is 16.2. The van der Waals surface area contributed by atoms with Gasteiger partial charge in [0.25, 0.3) is 0 Å². The zero-order chi connectivity index (χ0) is 30.5. The third-order valence-corrected chi connectivity index (χ3v) is 16.0. The summed E-state index contributed by atoms with van der Waals surface area (Å²) < 4.78 is 4.62. The molecule has 1 amide bonds. The topological polar surface area (TPSA) is 55.4 Å². The van der Waals surface area contributed by atoms with Crippen LogP contribution in [0.5, 0.6) is 0 Å². The number of methoxy groups -OCH3 is 1. The Morgan fingerprint density at radius 1 is 0.721 bits per heavy atom. The molecule has 0 heterocycles. The van der Waals surface area contributed by atoms with Crippen molar-refractivity contribution in [1.29, 1.82) is 0 Å². The predicted molar refractivity (Wildman–Crippen MR) is 187 cm³/mol. The van der Waals surface area contributed by atoms with Crippen LogP contribution in [0.1, 0.15) is 91.4 Å². The fourth-order valence-corrected chi connectivity index (χ4v) is 13.5. The lowest BCUT2D eigenvalue weighted by Gasteiger charge is -2.33. The number of halogens is 1. The van der Waals surface area contributed by atoms with Crippen molar-refractivity contribution in [2.24, 2.45) is 0 Å². The summed E-state index contributed by atoms with van der Waals surface area (Å²) in [5.74, 6) is -0.105. The van der Waals surface area contributed by atoms with Crippen molar-refractivity contribution in [3.8, 4) is 0 Å². The first-order valence-electron chi connectivity index (χ1n) is 16.1. The Hall–Kier alpha value is -1.01. The van der Waals surface area contributed by atoms with Crippen LogP contribution in [0.25, 0.3) is 0 Å². The molecular formula is C35H55BrNO3PS2. The van der Waals surface area contributed by atoms with Gasteiger partial charge in [-0.25, -0.2) is 0 Å². The largest absolute Gasteiger partial charge is 1.00 e. The van der Waals surface area contributed by atoms with Crippen molar-refractivity contribution in [3.63, 3.8) is 0 Å². The molecule has 0 radical (unpaired) electrons. The molecule has 242 valence electrons. The first kappa shape index (κ1) is 40.0. The van der Waals surface area contributed by atoms with E-state index in [0.717, 1.165) is 22.8 Å². The summed E-state index contributed by atoms with van der Waals surface area (Å²) in [6, 6.07) is 20.6. The lowest BCUT2D eigenvalue weighted by molar-refractivity contribution is -0.140. The Labute approximate surface area is 282 Å². The van der Waals surface area contributed by atoms with Crippen LogP contribution in [-0.2, 0) is 14.3 Å². The van der Waals surface area contributed by atoms with E-state index < -0.39 is 7.26 Å². The van der Waals surface area contributed by atoms with Gasteiger partial charge in [0, 0.05) is 36.4 Å². The monoisotopic (exact) mass is 711 g/mol. The van der Waals surface area contributed by atoms with Gasteiger partial charge >= 0.3 is 5.97 Å². The predicted octanol–water partition coefficient (Wildman–Crippen LogP) is 6.93. The minimum absolute atomic E-state index is 0. The molecule has 43 heavy (non-hydrogen) atoms. The Morgan fingerprint density at radius 2 is 1.16 bits per heavy atom. The minimum Gasteiger partial charge on any atom is -1.00 e. The normalized spacial score (nSPS) is 11.5. The first-order chi connectivity index (χ1) is 20.4. The number of carbonyl (C=O) groups is 2.